The average molecular weight is 267 g/mol. The molecule has 0 aliphatic rings. The summed E-state index contributed by atoms with van der Waals surface area (Å²) in [6.45, 7) is 3.06. The van der Waals surface area contributed by atoms with Crippen molar-refractivity contribution in [2.24, 2.45) is 0 Å². The van der Waals surface area contributed by atoms with Gasteiger partial charge in [-0.3, -0.25) is 4.98 Å². The van der Waals surface area contributed by atoms with E-state index >= 15 is 0 Å². The molecule has 0 spiro atoms. The van der Waals surface area contributed by atoms with Crippen LogP contribution in [0.15, 0.2) is 23.6 Å². The molecule has 0 bridgehead atoms. The van der Waals surface area contributed by atoms with Crippen LogP contribution in [0.4, 0.5) is 5.13 Å². The van der Waals surface area contributed by atoms with Crippen molar-refractivity contribution in [2.45, 2.75) is 24.1 Å². The van der Waals surface area contributed by atoms with Gasteiger partial charge in [-0.15, -0.1) is 10.2 Å². The monoisotopic (exact) mass is 267 g/mol. The number of thioether (sulfide) groups is 1. The highest BCUT2D eigenvalue weighted by molar-refractivity contribution is 7.98. The standard InChI is InChI=1S/C10H13N5S2/c1-2-3-13-10-15-14-9(17-10)7-16-8-6-11-4-5-12-8/h4-6H,2-3,7H2,1H3,(H,13,15). The third kappa shape index (κ3) is 3.94. The maximum atomic E-state index is 4.19. The fraction of sp³-hybridized carbons (Fsp3) is 0.400. The number of anilines is 1. The SMILES string of the molecule is CCCNc1nnc(CSc2cnccn2)s1. The summed E-state index contributed by atoms with van der Waals surface area (Å²) in [7, 11) is 0. The zero-order valence-corrected chi connectivity index (χ0v) is 11.1. The molecule has 0 aromatic carbocycles. The van der Waals surface area contributed by atoms with Gasteiger partial charge in [0, 0.05) is 18.9 Å². The summed E-state index contributed by atoms with van der Waals surface area (Å²) in [5, 5.41) is 14.2. The highest BCUT2D eigenvalue weighted by Crippen LogP contribution is 2.23. The zero-order chi connectivity index (χ0) is 11.9. The topological polar surface area (TPSA) is 63.6 Å². The quantitative estimate of drug-likeness (QED) is 0.811. The predicted octanol–water partition coefficient (Wildman–Crippen LogP) is 2.44. The first-order valence-electron chi connectivity index (χ1n) is 5.33. The fourth-order valence-corrected chi connectivity index (χ4v) is 2.68. The van der Waals surface area contributed by atoms with Gasteiger partial charge in [0.1, 0.15) is 10.0 Å². The smallest absolute Gasteiger partial charge is 0.205 e. The Hall–Kier alpha value is -1.21. The first kappa shape index (κ1) is 12.3. The Morgan fingerprint density at radius 2 is 2.29 bits per heavy atom. The van der Waals surface area contributed by atoms with Crippen molar-refractivity contribution in [1.82, 2.24) is 20.2 Å². The number of hydrogen-bond acceptors (Lipinski definition) is 7. The number of nitrogens with zero attached hydrogens (tertiary/aromatic N) is 4. The van der Waals surface area contributed by atoms with E-state index in [1.807, 2.05) is 0 Å². The molecule has 0 fully saturated rings. The van der Waals surface area contributed by atoms with E-state index in [0.29, 0.717) is 0 Å². The second kappa shape index (κ2) is 6.51. The Bertz CT molecular complexity index is 445. The first-order valence-corrected chi connectivity index (χ1v) is 7.13. The minimum Gasteiger partial charge on any atom is -0.360 e. The normalized spacial score (nSPS) is 10.4. The van der Waals surface area contributed by atoms with Gasteiger partial charge in [0.15, 0.2) is 0 Å². The van der Waals surface area contributed by atoms with Crippen molar-refractivity contribution in [2.75, 3.05) is 11.9 Å². The molecule has 2 rings (SSSR count). The summed E-state index contributed by atoms with van der Waals surface area (Å²) in [5.74, 6) is 0.782. The van der Waals surface area contributed by atoms with Gasteiger partial charge < -0.3 is 5.32 Å². The summed E-state index contributed by atoms with van der Waals surface area (Å²) in [6.07, 6.45) is 6.20. The molecule has 0 aliphatic carbocycles. The van der Waals surface area contributed by atoms with Crippen LogP contribution in [0.25, 0.3) is 0 Å². The summed E-state index contributed by atoms with van der Waals surface area (Å²) in [6, 6.07) is 0. The van der Waals surface area contributed by atoms with E-state index in [0.717, 1.165) is 33.9 Å². The molecule has 2 aromatic heterocycles. The van der Waals surface area contributed by atoms with Gasteiger partial charge in [-0.2, -0.15) is 0 Å². The van der Waals surface area contributed by atoms with E-state index in [1.165, 1.54) is 0 Å². The summed E-state index contributed by atoms with van der Waals surface area (Å²) in [4.78, 5) is 8.21. The van der Waals surface area contributed by atoms with E-state index in [1.54, 1.807) is 41.7 Å². The molecule has 0 amide bonds. The maximum Gasteiger partial charge on any atom is 0.205 e. The Morgan fingerprint density at radius 3 is 3.06 bits per heavy atom. The Kier molecular flexibility index (Phi) is 4.69. The van der Waals surface area contributed by atoms with Crippen molar-refractivity contribution in [1.29, 1.82) is 0 Å². The molecule has 0 saturated heterocycles. The van der Waals surface area contributed by atoms with Gasteiger partial charge >= 0.3 is 0 Å². The van der Waals surface area contributed by atoms with Crippen molar-refractivity contribution in [3.8, 4) is 0 Å². The molecule has 0 aliphatic heterocycles. The van der Waals surface area contributed by atoms with Crippen LogP contribution in [0.5, 0.6) is 0 Å². The lowest BCUT2D eigenvalue weighted by Gasteiger charge is -1.96. The van der Waals surface area contributed by atoms with Crippen LogP contribution in [0.2, 0.25) is 0 Å². The molecule has 0 saturated carbocycles. The van der Waals surface area contributed by atoms with E-state index < -0.39 is 0 Å². The van der Waals surface area contributed by atoms with E-state index in [9.17, 15) is 0 Å². The molecule has 0 atom stereocenters. The van der Waals surface area contributed by atoms with Crippen LogP contribution in [0.3, 0.4) is 0 Å². The maximum absolute atomic E-state index is 4.19. The van der Waals surface area contributed by atoms with Gasteiger partial charge in [-0.05, 0) is 6.42 Å². The third-order valence-corrected chi connectivity index (χ3v) is 3.86. The van der Waals surface area contributed by atoms with Crippen molar-refractivity contribution in [3.05, 3.63) is 23.6 Å². The molecule has 1 N–H and O–H groups in total. The van der Waals surface area contributed by atoms with Gasteiger partial charge in [-0.25, -0.2) is 4.98 Å². The van der Waals surface area contributed by atoms with Crippen LogP contribution in [-0.2, 0) is 5.75 Å². The highest BCUT2D eigenvalue weighted by atomic mass is 32.2. The molecular formula is C10H13N5S2. The summed E-state index contributed by atoms with van der Waals surface area (Å²) in [5.41, 5.74) is 0. The largest absolute Gasteiger partial charge is 0.360 e. The van der Waals surface area contributed by atoms with Crippen LogP contribution >= 0.6 is 23.1 Å². The second-order valence-corrected chi connectivity index (χ2v) is 5.32. The number of rotatable bonds is 6. The molecule has 2 aromatic rings. The molecule has 5 nitrogen and oxygen atoms in total. The zero-order valence-electron chi connectivity index (χ0n) is 9.46. The molecule has 2 heterocycles. The van der Waals surface area contributed by atoms with Gasteiger partial charge in [0.05, 0.1) is 11.9 Å². The fourth-order valence-electron chi connectivity index (χ4n) is 1.11. The van der Waals surface area contributed by atoms with Crippen LogP contribution in [0.1, 0.15) is 18.4 Å². The highest BCUT2D eigenvalue weighted by Gasteiger charge is 2.04. The predicted molar refractivity (Wildman–Crippen MR) is 70.3 cm³/mol. The van der Waals surface area contributed by atoms with Gasteiger partial charge in [-0.1, -0.05) is 30.0 Å². The molecule has 7 heteroatoms. The average Bonchev–Trinajstić information content (AvgIpc) is 2.83. The summed E-state index contributed by atoms with van der Waals surface area (Å²) >= 11 is 3.21. The molecule has 0 radical (unpaired) electrons. The van der Waals surface area contributed by atoms with Gasteiger partial charge in [0.25, 0.3) is 0 Å². The van der Waals surface area contributed by atoms with Crippen molar-refractivity contribution < 1.29 is 0 Å². The van der Waals surface area contributed by atoms with Crippen LogP contribution in [0, 0.1) is 0 Å². The molecule has 0 unspecified atom stereocenters. The van der Waals surface area contributed by atoms with E-state index in [-0.39, 0.29) is 0 Å². The Morgan fingerprint density at radius 1 is 1.35 bits per heavy atom. The van der Waals surface area contributed by atoms with E-state index in [2.05, 4.69) is 32.4 Å². The van der Waals surface area contributed by atoms with Crippen LogP contribution < -0.4 is 5.32 Å². The minimum absolute atomic E-state index is 0.782. The van der Waals surface area contributed by atoms with Crippen molar-refractivity contribution in [3.63, 3.8) is 0 Å². The third-order valence-electron chi connectivity index (χ3n) is 1.88. The lowest BCUT2D eigenvalue weighted by molar-refractivity contribution is 0.957. The van der Waals surface area contributed by atoms with E-state index in [4.69, 9.17) is 0 Å². The number of aromatic nitrogens is 4. The molecule has 17 heavy (non-hydrogen) atoms. The van der Waals surface area contributed by atoms with Crippen molar-refractivity contribution >= 4 is 28.2 Å². The van der Waals surface area contributed by atoms with Crippen LogP contribution in [-0.4, -0.2) is 26.7 Å². The number of hydrogen-bond donors (Lipinski definition) is 1. The first-order chi connectivity index (χ1) is 8.38. The molecular weight excluding hydrogens is 254 g/mol. The minimum atomic E-state index is 0.782. The molecule has 90 valence electrons. The summed E-state index contributed by atoms with van der Waals surface area (Å²) < 4.78 is 0. The Balaban J connectivity index is 1.85. The Labute approximate surface area is 108 Å². The second-order valence-electron chi connectivity index (χ2n) is 3.26. The lowest BCUT2D eigenvalue weighted by atomic mass is 10.5. The lowest BCUT2D eigenvalue weighted by Crippen LogP contribution is -1.98. The van der Waals surface area contributed by atoms with Gasteiger partial charge in [0.2, 0.25) is 5.13 Å². The number of nitrogens with one attached hydrogen (secondary N) is 1.